The molecule has 26 nitrogen and oxygen atoms in total. The monoisotopic (exact) mass is 1940 g/mol. The zero-order chi connectivity index (χ0) is 95.6. The summed E-state index contributed by atoms with van der Waals surface area (Å²) in [5.74, 6) is 3.30. The molecule has 132 heavy (non-hydrogen) atoms. The number of esters is 4. The molecule has 0 aliphatic heterocycles. The van der Waals surface area contributed by atoms with Crippen LogP contribution in [0.25, 0.3) is 0 Å². The van der Waals surface area contributed by atoms with Crippen molar-refractivity contribution in [3.8, 4) is 24.2 Å². The van der Waals surface area contributed by atoms with Crippen LogP contribution >= 0.6 is 15.6 Å². The number of rotatable bonds is 94. The van der Waals surface area contributed by atoms with Gasteiger partial charge >= 0.3 is 98.6 Å². The molecular weight excluding hydrogens is 1740 g/mol. The molecular formula is C102H196N4Na2O22P2. The van der Waals surface area contributed by atoms with Crippen LogP contribution in [-0.2, 0) is 94.0 Å². The Bertz CT molecular complexity index is 3230. The van der Waals surface area contributed by atoms with Crippen LogP contribution in [0, 0.1) is 24.2 Å². The molecule has 0 fully saturated rings. The molecule has 0 spiro atoms. The van der Waals surface area contributed by atoms with Gasteiger partial charge in [0.15, 0.2) is 6.10 Å². The van der Waals surface area contributed by atoms with Gasteiger partial charge in [0, 0.05) is 61.6 Å². The number of unbranched alkanes of at least 4 members (excludes halogenated alkanes) is 36. The Morgan fingerprint density at radius 2 is 0.621 bits per heavy atom. The molecule has 0 aromatic heterocycles. The second kappa shape index (κ2) is 97.2. The maximum absolute atomic E-state index is 14.0. The largest absolute Gasteiger partial charge is 1.00 e. The van der Waals surface area contributed by atoms with Crippen LogP contribution in [0.3, 0.4) is 0 Å². The number of phosphoric ester groups is 2. The zero-order valence-electron chi connectivity index (χ0n) is 85.9. The van der Waals surface area contributed by atoms with E-state index in [4.69, 9.17) is 52.9 Å². The van der Waals surface area contributed by atoms with E-state index >= 15 is 0 Å². The number of allylic oxidation sites excluding steroid dienone is 8. The van der Waals surface area contributed by atoms with Crippen molar-refractivity contribution in [2.45, 2.75) is 464 Å². The summed E-state index contributed by atoms with van der Waals surface area (Å²) in [6.07, 6.45) is 68.9. The number of amides is 4. The van der Waals surface area contributed by atoms with Gasteiger partial charge in [-0.25, -0.2) is 9.13 Å². The van der Waals surface area contributed by atoms with Crippen molar-refractivity contribution in [3.05, 3.63) is 48.6 Å². The molecule has 0 aliphatic rings. The molecule has 0 aromatic carbocycles. The number of phosphoric acid groups is 2. The first kappa shape index (κ1) is 132. The van der Waals surface area contributed by atoms with E-state index in [0.29, 0.717) is 64.2 Å². The summed E-state index contributed by atoms with van der Waals surface area (Å²) < 4.78 is 83.8. The van der Waals surface area contributed by atoms with Crippen LogP contribution in [0.4, 0.5) is 0 Å². The summed E-state index contributed by atoms with van der Waals surface area (Å²) in [7, 11) is -9.82. The van der Waals surface area contributed by atoms with E-state index in [1.54, 1.807) is 0 Å². The summed E-state index contributed by atoms with van der Waals surface area (Å²) in [6, 6.07) is -2.10. The van der Waals surface area contributed by atoms with Crippen molar-refractivity contribution >= 4 is 63.2 Å². The third kappa shape index (κ3) is 91.1. The maximum Gasteiger partial charge on any atom is 1.00 e. The van der Waals surface area contributed by atoms with Crippen molar-refractivity contribution < 1.29 is 176 Å². The molecule has 768 valence electrons. The van der Waals surface area contributed by atoms with Gasteiger partial charge in [-0.2, -0.15) is 0 Å². The van der Waals surface area contributed by atoms with Crippen molar-refractivity contribution in [2.24, 2.45) is 0 Å². The van der Waals surface area contributed by atoms with Crippen LogP contribution < -0.4 is 80.4 Å². The number of hydrogen-bond acceptors (Lipinski definition) is 20. The van der Waals surface area contributed by atoms with E-state index in [1.807, 2.05) is 0 Å². The number of carbonyl (C=O) groups excluding carboxylic acids is 8. The summed E-state index contributed by atoms with van der Waals surface area (Å²) in [6.45, 7) is 11.8. The second-order valence-corrected chi connectivity index (χ2v) is 37.2. The average Bonchev–Trinajstić information content (AvgIpc) is 0.900. The fourth-order valence-corrected chi connectivity index (χ4v) is 15.7. The number of terminal acetylenes is 1. The molecule has 0 bridgehead atoms. The fraction of sp³-hybridized carbons (Fsp3) is 0.804. The topological polar surface area (TPSA) is 352 Å². The van der Waals surface area contributed by atoms with Gasteiger partial charge in [0.1, 0.15) is 24.7 Å². The van der Waals surface area contributed by atoms with E-state index in [2.05, 4.69) is 136 Å². The molecule has 6 N–H and O–H groups in total. The van der Waals surface area contributed by atoms with E-state index in [0.717, 1.165) is 167 Å². The van der Waals surface area contributed by atoms with Gasteiger partial charge in [0.05, 0.1) is 77.8 Å². The minimum atomic E-state index is -4.92. The first-order valence-electron chi connectivity index (χ1n) is 50.9. The Balaban J connectivity index is -0.00000151. The molecule has 4 amide bonds. The standard InChI is InChI=1S/C102H180N4O22P2.2Na.7H2.2H/c1-9-17-25-32-37-42-47-54-61-69-94(128-102(114)73-65-58-51-46-41-36-29-21-13-5)83-98(110)105-89(85-119-78-74-91(66-24-16-8)125-99(111)70-62-55-48-43-38-33-26-18-10-2)87-123-129(115,116)121-80-76-103-95(107)84-96(108)104-77-81-122-130(117,118)124-88-90(86-120-79-75-92(67-59-52-30-22-14-6)126-100(112)71-63-56-49-44-39-34-27-19-11-3)106-97(109)82-93(68-60-53-31-23-15-7)127-101(113)72-64-57-50-45-40-35-28-20-12-4;;;;;;;;;;;/h8,43-46,48-51,89-94H,9-15,17-23,25-42,47,52-65,67-88H2,1-7H3,(H,103,107)(H,104,108)(H,105,110)(H,106,109)(H,115,116)(H,117,118);;;7*1H;;/q;2*+1;;;;;;;;2*-1/b48-43-,49-44-,50-45+,51-46+;;;;;;;;;;;/t89?,90?,91-,92-,93-,94-;;;;;;;;;;;/m1.........../s1. The van der Waals surface area contributed by atoms with Gasteiger partial charge in [-0.1, -0.05) is 277 Å². The number of hydrogen-bond donors (Lipinski definition) is 6. The first-order chi connectivity index (χ1) is 63.1. The van der Waals surface area contributed by atoms with Gasteiger partial charge in [-0.3, -0.25) is 56.5 Å². The Hall–Kier alpha value is -4.02. The molecule has 0 aromatic rings. The van der Waals surface area contributed by atoms with E-state index in [9.17, 15) is 57.3 Å². The molecule has 30 heteroatoms. The fourth-order valence-electron chi connectivity index (χ4n) is 14.2. The Morgan fingerprint density at radius 3 is 0.947 bits per heavy atom. The van der Waals surface area contributed by atoms with Gasteiger partial charge < -0.3 is 62.3 Å². The average molecular weight is 1940 g/mol. The first-order valence-corrected chi connectivity index (χ1v) is 53.9. The van der Waals surface area contributed by atoms with Crippen molar-refractivity contribution in [3.63, 3.8) is 0 Å². The minimum Gasteiger partial charge on any atom is -1.00 e. The summed E-state index contributed by atoms with van der Waals surface area (Å²) in [4.78, 5) is 128. The maximum atomic E-state index is 14.0. The summed E-state index contributed by atoms with van der Waals surface area (Å²) >= 11 is 0. The predicted octanol–water partition coefficient (Wildman–Crippen LogP) is 19.1. The zero-order valence-corrected chi connectivity index (χ0v) is 89.7. The smallest absolute Gasteiger partial charge is 1.00 e. The third-order valence-corrected chi connectivity index (χ3v) is 23.8. The Morgan fingerprint density at radius 1 is 0.341 bits per heavy atom. The van der Waals surface area contributed by atoms with Gasteiger partial charge in [0.25, 0.3) is 0 Å². The Labute approximate surface area is 856 Å². The van der Waals surface area contributed by atoms with Crippen LogP contribution in [0.15, 0.2) is 48.6 Å². The Kier molecular flexibility index (Phi) is 97.3. The quantitative estimate of drug-likeness (QED) is 0.00481. The SMILES string of the molecule is C#CC#C[C@H](CCOCC(COP(=O)(O)OCCNC(=O)CC(=O)NCCOP(=O)(O)OCC(COCC[C@@H](CCCCCCC)OC(=O)CCC/C=C\CCCCCC)NC(=O)C[C@@H](CCCCCCC)OC(=O)CCC/C=C/CCCCCC)NC(=O)C[C@@H](CCCCCCCCCCC)OC(=O)CCC/C=C/CCCCCC)OC(=O)CCC/C=C\CCCCCC.[H-].[H-].[HH].[HH].[HH].[HH].[HH].[HH].[HH].[Na+].[Na+]. The van der Waals surface area contributed by atoms with E-state index in [-0.39, 0.29) is 162 Å². The molecule has 0 heterocycles. The van der Waals surface area contributed by atoms with Crippen LogP contribution in [0.1, 0.15) is 440 Å². The normalized spacial score (nSPS) is 13.7. The number of ether oxygens (including phenoxy) is 6. The van der Waals surface area contributed by atoms with Gasteiger partial charge in [-0.05, 0) is 159 Å². The number of nitrogens with one attached hydrogen (secondary N) is 4. The van der Waals surface area contributed by atoms with Crippen molar-refractivity contribution in [1.29, 1.82) is 0 Å². The second-order valence-electron chi connectivity index (χ2n) is 34.3. The van der Waals surface area contributed by atoms with E-state index in [1.165, 1.54) is 96.3 Å². The summed E-state index contributed by atoms with van der Waals surface area (Å²) in [5, 5.41) is 10.5. The van der Waals surface area contributed by atoms with Crippen LogP contribution in [0.5, 0.6) is 0 Å². The van der Waals surface area contributed by atoms with Crippen molar-refractivity contribution in [2.75, 3.05) is 65.9 Å². The van der Waals surface area contributed by atoms with Gasteiger partial charge in [0.2, 0.25) is 23.6 Å². The van der Waals surface area contributed by atoms with E-state index < -0.39 is 127 Å². The number of carbonyl (C=O) groups is 8. The van der Waals surface area contributed by atoms with Gasteiger partial charge in [-0.15, -0.1) is 6.42 Å². The molecule has 0 saturated carbocycles. The van der Waals surface area contributed by atoms with Crippen LogP contribution in [-0.4, -0.2) is 160 Å². The molecule has 0 saturated heterocycles. The minimum absolute atomic E-state index is 0. The molecule has 0 rings (SSSR count). The molecule has 8 atom stereocenters. The molecule has 4 unspecified atom stereocenters. The predicted molar refractivity (Wildman–Crippen MR) is 537 cm³/mol. The van der Waals surface area contributed by atoms with Crippen molar-refractivity contribution in [1.82, 2.24) is 21.3 Å². The third-order valence-electron chi connectivity index (χ3n) is 21.8. The molecule has 0 aliphatic carbocycles. The molecule has 0 radical (unpaired) electrons. The summed E-state index contributed by atoms with van der Waals surface area (Å²) in [5.41, 5.74) is 0. The van der Waals surface area contributed by atoms with Crippen LogP contribution in [0.2, 0.25) is 0 Å².